The molecule has 0 bridgehead atoms. The van der Waals surface area contributed by atoms with Crippen molar-refractivity contribution in [3.63, 3.8) is 0 Å². The quantitative estimate of drug-likeness (QED) is 0.456. The van der Waals surface area contributed by atoms with Crippen LogP contribution in [0.25, 0.3) is 0 Å². The Morgan fingerprint density at radius 2 is 2.23 bits per heavy atom. The van der Waals surface area contributed by atoms with E-state index in [1.807, 2.05) is 0 Å². The minimum Gasteiger partial charge on any atom is -0.100 e. The van der Waals surface area contributed by atoms with Gasteiger partial charge in [0.15, 0.2) is 0 Å². The SMILES string of the molecule is CCC1C=C2C=CC=C2[PH]1=[Si](C)C. The van der Waals surface area contributed by atoms with Gasteiger partial charge in [-0.2, -0.15) is 0 Å². The predicted molar refractivity (Wildman–Crippen MR) is 65.2 cm³/mol. The van der Waals surface area contributed by atoms with Gasteiger partial charge in [0.2, 0.25) is 0 Å². The summed E-state index contributed by atoms with van der Waals surface area (Å²) in [6, 6.07) is 0. The van der Waals surface area contributed by atoms with Gasteiger partial charge in [0.1, 0.15) is 0 Å². The van der Waals surface area contributed by atoms with E-state index < -0.39 is 0 Å². The summed E-state index contributed by atoms with van der Waals surface area (Å²) in [5, 5.41) is 1.73. The Morgan fingerprint density at radius 1 is 1.46 bits per heavy atom. The lowest BCUT2D eigenvalue weighted by Crippen LogP contribution is -1.96. The molecule has 0 amide bonds. The maximum Gasteiger partial charge on any atom is 0.00476 e. The first-order chi connectivity index (χ1) is 6.24. The first-order valence-electron chi connectivity index (χ1n) is 5.02. The van der Waals surface area contributed by atoms with Crippen molar-refractivity contribution < 1.29 is 0 Å². The van der Waals surface area contributed by atoms with Crippen molar-refractivity contribution in [2.75, 3.05) is 0 Å². The second-order valence-corrected chi connectivity index (χ2v) is 12.7. The number of allylic oxidation sites excluding steroid dienone is 6. The van der Waals surface area contributed by atoms with Gasteiger partial charge < -0.3 is 0 Å². The molecule has 0 spiro atoms. The van der Waals surface area contributed by atoms with Gasteiger partial charge in [0.25, 0.3) is 0 Å². The van der Waals surface area contributed by atoms with Crippen molar-refractivity contribution in [2.45, 2.75) is 32.1 Å². The zero-order valence-electron chi connectivity index (χ0n) is 8.59. The van der Waals surface area contributed by atoms with Crippen LogP contribution in [0.5, 0.6) is 0 Å². The summed E-state index contributed by atoms with van der Waals surface area (Å²) in [6.45, 7) is 7.30. The van der Waals surface area contributed by atoms with Gasteiger partial charge in [-0.15, -0.1) is 7.06 Å². The van der Waals surface area contributed by atoms with Crippen LogP contribution in [-0.2, 0) is 0 Å². The Bertz CT molecular complexity index is 354. The van der Waals surface area contributed by atoms with Crippen molar-refractivity contribution in [1.82, 2.24) is 0 Å². The number of rotatable bonds is 1. The summed E-state index contributed by atoms with van der Waals surface area (Å²) in [4.78, 5) is 0. The van der Waals surface area contributed by atoms with E-state index in [9.17, 15) is 0 Å². The molecule has 70 valence electrons. The Kier molecular flexibility index (Phi) is 2.57. The molecule has 0 aromatic rings. The van der Waals surface area contributed by atoms with Crippen LogP contribution in [0.1, 0.15) is 13.3 Å². The Balaban J connectivity index is 2.47. The van der Waals surface area contributed by atoms with Crippen LogP contribution >= 0.6 is 7.06 Å². The number of hydrogen-bond donors (Lipinski definition) is 0. The van der Waals surface area contributed by atoms with Crippen molar-refractivity contribution in [2.24, 2.45) is 0 Å². The van der Waals surface area contributed by atoms with E-state index in [1.165, 1.54) is 6.42 Å². The maximum atomic E-state index is 2.53. The standard InChI is InChI=1S/C11H17PSi/c1-4-10-8-9-6-5-7-11(9)12(10)13(2)3/h5-8,10,12H,4H2,1-3H3. The van der Waals surface area contributed by atoms with E-state index in [2.05, 4.69) is 44.3 Å². The molecule has 0 radical (unpaired) electrons. The first kappa shape index (κ1) is 9.42. The lowest BCUT2D eigenvalue weighted by atomic mass is 10.2. The molecule has 2 unspecified atom stereocenters. The topological polar surface area (TPSA) is 0 Å². The third-order valence-electron chi connectivity index (χ3n) is 2.87. The summed E-state index contributed by atoms with van der Waals surface area (Å²) >= 11 is 0. The van der Waals surface area contributed by atoms with Crippen molar-refractivity contribution in [1.29, 1.82) is 0 Å². The smallest absolute Gasteiger partial charge is 0.00476 e. The molecule has 0 aromatic heterocycles. The summed E-state index contributed by atoms with van der Waals surface area (Å²) in [5.41, 5.74) is 2.49. The molecule has 2 aliphatic rings. The first-order valence-corrected chi connectivity index (χ1v) is 10.1. The van der Waals surface area contributed by atoms with Gasteiger partial charge in [0, 0.05) is 8.05 Å². The molecule has 0 fully saturated rings. The highest BCUT2D eigenvalue weighted by atomic mass is 31.2. The predicted octanol–water partition coefficient (Wildman–Crippen LogP) is 3.62. The molecule has 0 N–H and O–H groups in total. The largest absolute Gasteiger partial charge is 0.100 e. The third kappa shape index (κ3) is 1.49. The molecule has 0 aromatic carbocycles. The minimum absolute atomic E-state index is 0.0840. The third-order valence-corrected chi connectivity index (χ3v) is 11.5. The molecule has 1 aliphatic carbocycles. The van der Waals surface area contributed by atoms with Crippen LogP contribution in [0, 0.1) is 0 Å². The molecular formula is C11H17PSi. The van der Waals surface area contributed by atoms with E-state index in [0.717, 1.165) is 5.66 Å². The van der Waals surface area contributed by atoms with Crippen molar-refractivity contribution in [3.8, 4) is 0 Å². The fourth-order valence-corrected chi connectivity index (χ4v) is 10.9. The molecule has 1 aliphatic heterocycles. The van der Waals surface area contributed by atoms with E-state index in [0.29, 0.717) is 0 Å². The van der Waals surface area contributed by atoms with Gasteiger partial charge in [0.05, 0.1) is 0 Å². The summed E-state index contributed by atoms with van der Waals surface area (Å²) in [7, 11) is -0.270. The zero-order chi connectivity index (χ0) is 9.42. The van der Waals surface area contributed by atoms with Gasteiger partial charge in [-0.3, -0.25) is 0 Å². The summed E-state index contributed by atoms with van der Waals surface area (Å²) in [6.07, 6.45) is 10.8. The molecule has 0 saturated carbocycles. The van der Waals surface area contributed by atoms with Crippen LogP contribution in [0.15, 0.2) is 35.2 Å². The number of fused-ring (bicyclic) bond motifs is 1. The normalized spacial score (nSPS) is 30.1. The molecule has 0 saturated heterocycles. The lowest BCUT2D eigenvalue weighted by Gasteiger charge is -2.13. The molecule has 0 nitrogen and oxygen atoms in total. The van der Waals surface area contributed by atoms with Gasteiger partial charge in [-0.05, 0) is 23.0 Å². The van der Waals surface area contributed by atoms with Crippen LogP contribution in [0.4, 0.5) is 0 Å². The molecule has 2 rings (SSSR count). The lowest BCUT2D eigenvalue weighted by molar-refractivity contribution is 0.977. The van der Waals surface area contributed by atoms with Gasteiger partial charge >= 0.3 is 0 Å². The molecule has 2 heteroatoms. The van der Waals surface area contributed by atoms with E-state index >= 15 is 0 Å². The average Bonchev–Trinajstić information content (AvgIpc) is 2.59. The molecular weight excluding hydrogens is 191 g/mol. The monoisotopic (exact) mass is 208 g/mol. The Labute approximate surface area is 82.8 Å². The Hall–Kier alpha value is -0.133. The molecule has 2 atom stereocenters. The fraction of sp³-hybridized carbons (Fsp3) is 0.455. The van der Waals surface area contributed by atoms with Crippen LogP contribution < -0.4 is 0 Å². The number of hydrogen-bond acceptors (Lipinski definition) is 0. The molecule has 13 heavy (non-hydrogen) atoms. The van der Waals surface area contributed by atoms with Crippen molar-refractivity contribution >= 4 is 15.1 Å². The molecule has 1 heterocycles. The second-order valence-electron chi connectivity index (χ2n) is 3.99. The average molecular weight is 208 g/mol. The maximum absolute atomic E-state index is 2.53. The second kappa shape index (κ2) is 3.55. The zero-order valence-corrected chi connectivity index (χ0v) is 10.6. The van der Waals surface area contributed by atoms with Gasteiger partial charge in [-0.1, -0.05) is 44.3 Å². The van der Waals surface area contributed by atoms with Crippen molar-refractivity contribution in [3.05, 3.63) is 35.2 Å². The van der Waals surface area contributed by atoms with Crippen LogP contribution in [0.3, 0.4) is 0 Å². The van der Waals surface area contributed by atoms with Crippen LogP contribution in [-0.4, -0.2) is 13.7 Å². The van der Waals surface area contributed by atoms with E-state index in [-0.39, 0.29) is 15.1 Å². The fourth-order valence-electron chi connectivity index (χ4n) is 2.29. The van der Waals surface area contributed by atoms with Gasteiger partial charge in [-0.25, -0.2) is 0 Å². The summed E-state index contributed by atoms with van der Waals surface area (Å²) < 4.78 is 0. The highest BCUT2D eigenvalue weighted by Crippen LogP contribution is 2.53. The minimum atomic E-state index is -0.186. The van der Waals surface area contributed by atoms with E-state index in [4.69, 9.17) is 0 Å². The van der Waals surface area contributed by atoms with Crippen LogP contribution in [0.2, 0.25) is 13.1 Å². The van der Waals surface area contributed by atoms with E-state index in [1.54, 1.807) is 10.9 Å². The highest BCUT2D eigenvalue weighted by molar-refractivity contribution is 7.73. The summed E-state index contributed by atoms with van der Waals surface area (Å²) in [5.74, 6) is 0. The highest BCUT2D eigenvalue weighted by Gasteiger charge is 2.24. The Morgan fingerprint density at radius 3 is 2.85 bits per heavy atom.